The molecule has 4 rings (SSSR count). The van der Waals surface area contributed by atoms with Crippen LogP contribution in [0.15, 0.2) is 42.6 Å². The predicted octanol–water partition coefficient (Wildman–Crippen LogP) is 3.76. The monoisotopic (exact) mass is 424 g/mol. The first-order valence-corrected chi connectivity index (χ1v) is 9.76. The van der Waals surface area contributed by atoms with Gasteiger partial charge in [-0.05, 0) is 42.8 Å². The molecular weight excluding hydrogens is 405 g/mol. The Balaban J connectivity index is 1.35. The van der Waals surface area contributed by atoms with E-state index in [1.807, 2.05) is 4.90 Å². The van der Waals surface area contributed by atoms with E-state index in [0.717, 1.165) is 31.8 Å². The molecule has 0 saturated carbocycles. The minimum atomic E-state index is -4.39. The van der Waals surface area contributed by atoms with Gasteiger partial charge in [0.05, 0.1) is 5.56 Å². The van der Waals surface area contributed by atoms with E-state index >= 15 is 0 Å². The third-order valence-electron chi connectivity index (χ3n) is 5.44. The van der Waals surface area contributed by atoms with Crippen LogP contribution < -0.4 is 5.32 Å². The largest absolute Gasteiger partial charge is 0.417 e. The maximum absolute atomic E-state index is 12.7. The average Bonchev–Trinajstić information content (AvgIpc) is 3.09. The van der Waals surface area contributed by atoms with Crippen molar-refractivity contribution in [3.8, 4) is 0 Å². The molecule has 1 aromatic heterocycles. The SMILES string of the molecule is O=C(c1ccc(Cl)cc1)N1CCN2C[C@@H](Nc3ccc(C(F)(F)F)cn3)C[C@H]2C1. The second kappa shape index (κ2) is 7.84. The van der Waals surface area contributed by atoms with Gasteiger partial charge in [-0.3, -0.25) is 9.69 Å². The van der Waals surface area contributed by atoms with E-state index in [1.165, 1.54) is 6.07 Å². The van der Waals surface area contributed by atoms with Crippen LogP contribution >= 0.6 is 11.6 Å². The van der Waals surface area contributed by atoms with Crippen molar-refractivity contribution in [2.24, 2.45) is 0 Å². The van der Waals surface area contributed by atoms with Crippen molar-refractivity contribution in [1.29, 1.82) is 0 Å². The van der Waals surface area contributed by atoms with Gasteiger partial charge in [0.2, 0.25) is 0 Å². The highest BCUT2D eigenvalue weighted by Crippen LogP contribution is 2.30. The summed E-state index contributed by atoms with van der Waals surface area (Å²) in [4.78, 5) is 20.8. The van der Waals surface area contributed by atoms with Gasteiger partial charge in [0.1, 0.15) is 5.82 Å². The molecule has 9 heteroatoms. The van der Waals surface area contributed by atoms with E-state index in [4.69, 9.17) is 11.6 Å². The predicted molar refractivity (Wildman–Crippen MR) is 104 cm³/mol. The number of nitrogens with zero attached hydrogens (tertiary/aromatic N) is 3. The number of hydrogen-bond donors (Lipinski definition) is 1. The summed E-state index contributed by atoms with van der Waals surface area (Å²) in [6.45, 7) is 2.81. The van der Waals surface area contributed by atoms with Gasteiger partial charge < -0.3 is 10.2 Å². The summed E-state index contributed by atoms with van der Waals surface area (Å²) in [7, 11) is 0. The van der Waals surface area contributed by atoms with Crippen molar-refractivity contribution in [3.05, 3.63) is 58.7 Å². The van der Waals surface area contributed by atoms with Crippen LogP contribution in [0, 0.1) is 0 Å². The number of pyridine rings is 1. The number of rotatable bonds is 3. The molecule has 154 valence electrons. The lowest BCUT2D eigenvalue weighted by Gasteiger charge is -2.37. The maximum Gasteiger partial charge on any atom is 0.417 e. The number of carbonyl (C=O) groups excluding carboxylic acids is 1. The van der Waals surface area contributed by atoms with Crippen molar-refractivity contribution in [2.75, 3.05) is 31.5 Å². The smallest absolute Gasteiger partial charge is 0.366 e. The summed E-state index contributed by atoms with van der Waals surface area (Å²) in [6.07, 6.45) is -2.75. The molecule has 1 N–H and O–H groups in total. The van der Waals surface area contributed by atoms with E-state index in [2.05, 4.69) is 15.2 Å². The highest BCUT2D eigenvalue weighted by molar-refractivity contribution is 6.30. The van der Waals surface area contributed by atoms with Gasteiger partial charge in [0.15, 0.2) is 0 Å². The molecule has 2 aromatic rings. The number of hydrogen-bond acceptors (Lipinski definition) is 4. The van der Waals surface area contributed by atoms with E-state index < -0.39 is 11.7 Å². The zero-order chi connectivity index (χ0) is 20.6. The van der Waals surface area contributed by atoms with Gasteiger partial charge in [-0.25, -0.2) is 4.98 Å². The number of aromatic nitrogens is 1. The third-order valence-corrected chi connectivity index (χ3v) is 5.69. The first-order chi connectivity index (χ1) is 13.8. The van der Waals surface area contributed by atoms with Crippen molar-refractivity contribution >= 4 is 23.3 Å². The van der Waals surface area contributed by atoms with Crippen molar-refractivity contribution in [3.63, 3.8) is 0 Å². The molecule has 0 radical (unpaired) electrons. The van der Waals surface area contributed by atoms with Gasteiger partial charge in [-0.15, -0.1) is 0 Å². The topological polar surface area (TPSA) is 48.5 Å². The number of amides is 1. The minimum Gasteiger partial charge on any atom is -0.366 e. The average molecular weight is 425 g/mol. The molecule has 0 bridgehead atoms. The number of anilines is 1. The number of halogens is 4. The lowest BCUT2D eigenvalue weighted by atomic mass is 10.1. The second-order valence-corrected chi connectivity index (χ2v) is 7.85. The number of piperazine rings is 1. The number of nitrogens with one attached hydrogen (secondary N) is 1. The maximum atomic E-state index is 12.7. The molecule has 0 aliphatic carbocycles. The Bertz CT molecular complexity index is 873. The molecule has 2 aliphatic rings. The Morgan fingerprint density at radius 3 is 2.52 bits per heavy atom. The molecule has 0 spiro atoms. The van der Waals surface area contributed by atoms with E-state index in [1.54, 1.807) is 24.3 Å². The summed E-state index contributed by atoms with van der Waals surface area (Å²) >= 11 is 5.89. The Labute approximate surface area is 171 Å². The first-order valence-electron chi connectivity index (χ1n) is 9.38. The molecule has 2 saturated heterocycles. The quantitative estimate of drug-likeness (QED) is 0.815. The molecule has 29 heavy (non-hydrogen) atoms. The van der Waals surface area contributed by atoms with Crippen LogP contribution in [0.25, 0.3) is 0 Å². The summed E-state index contributed by atoms with van der Waals surface area (Å²) < 4.78 is 38.0. The van der Waals surface area contributed by atoms with Crippen LogP contribution in [-0.2, 0) is 6.18 Å². The van der Waals surface area contributed by atoms with E-state index in [9.17, 15) is 18.0 Å². The minimum absolute atomic E-state index is 0.0119. The summed E-state index contributed by atoms with van der Waals surface area (Å²) in [5.74, 6) is 0.416. The van der Waals surface area contributed by atoms with E-state index in [0.29, 0.717) is 29.5 Å². The van der Waals surface area contributed by atoms with Crippen LogP contribution in [0.5, 0.6) is 0 Å². The Kier molecular flexibility index (Phi) is 5.40. The highest BCUT2D eigenvalue weighted by atomic mass is 35.5. The van der Waals surface area contributed by atoms with Gasteiger partial charge in [-0.2, -0.15) is 13.2 Å². The fraction of sp³-hybridized carbons (Fsp3) is 0.400. The van der Waals surface area contributed by atoms with Gasteiger partial charge in [0, 0.05) is 55.0 Å². The Hall–Kier alpha value is -2.32. The Morgan fingerprint density at radius 1 is 1.10 bits per heavy atom. The molecule has 1 aromatic carbocycles. The standard InChI is InChI=1S/C20H20ClF3N4O/c21-15-4-1-13(2-5-15)19(29)28-8-7-27-11-16(9-17(27)12-28)26-18-6-3-14(10-25-18)20(22,23)24/h1-6,10,16-17H,7-9,11-12H2,(H,25,26)/t16-,17-/m0/s1. The fourth-order valence-corrected chi connectivity index (χ4v) is 4.09. The number of fused-ring (bicyclic) bond motifs is 1. The molecule has 2 aliphatic heterocycles. The molecule has 1 amide bonds. The summed E-state index contributed by atoms with van der Waals surface area (Å²) in [6, 6.07) is 9.55. The fourth-order valence-electron chi connectivity index (χ4n) is 3.96. The normalized spacial score (nSPS) is 22.4. The lowest BCUT2D eigenvalue weighted by Crippen LogP contribution is -2.52. The molecule has 2 atom stereocenters. The zero-order valence-electron chi connectivity index (χ0n) is 15.5. The van der Waals surface area contributed by atoms with E-state index in [-0.39, 0.29) is 18.0 Å². The molecule has 0 unspecified atom stereocenters. The van der Waals surface area contributed by atoms with Crippen LogP contribution in [0.2, 0.25) is 5.02 Å². The van der Waals surface area contributed by atoms with Gasteiger partial charge in [-0.1, -0.05) is 11.6 Å². The number of benzene rings is 1. The molecule has 3 heterocycles. The summed E-state index contributed by atoms with van der Waals surface area (Å²) in [5, 5.41) is 3.81. The van der Waals surface area contributed by atoms with Crippen LogP contribution in [-0.4, -0.2) is 59.0 Å². The number of carbonyl (C=O) groups is 1. The van der Waals surface area contributed by atoms with Crippen LogP contribution in [0.4, 0.5) is 19.0 Å². The van der Waals surface area contributed by atoms with Crippen molar-refractivity contribution < 1.29 is 18.0 Å². The zero-order valence-corrected chi connectivity index (χ0v) is 16.2. The third kappa shape index (κ3) is 4.48. The van der Waals surface area contributed by atoms with Gasteiger partial charge in [0.25, 0.3) is 5.91 Å². The van der Waals surface area contributed by atoms with Crippen molar-refractivity contribution in [2.45, 2.75) is 24.7 Å². The van der Waals surface area contributed by atoms with Crippen molar-refractivity contribution in [1.82, 2.24) is 14.8 Å². The molecular formula is C20H20ClF3N4O. The highest BCUT2D eigenvalue weighted by Gasteiger charge is 2.38. The second-order valence-electron chi connectivity index (χ2n) is 7.41. The van der Waals surface area contributed by atoms with Crippen LogP contribution in [0.3, 0.4) is 0 Å². The lowest BCUT2D eigenvalue weighted by molar-refractivity contribution is -0.137. The Morgan fingerprint density at radius 2 is 1.86 bits per heavy atom. The first kappa shape index (κ1) is 20.0. The van der Waals surface area contributed by atoms with Crippen LogP contribution in [0.1, 0.15) is 22.3 Å². The molecule has 5 nitrogen and oxygen atoms in total. The van der Waals surface area contributed by atoms with Gasteiger partial charge >= 0.3 is 6.18 Å². The summed E-state index contributed by atoms with van der Waals surface area (Å²) in [5.41, 5.74) is -0.146. The molecule has 2 fully saturated rings. The number of alkyl halides is 3.